The Kier molecular flexibility index (Phi) is 6.46. The molecule has 0 aliphatic carbocycles. The zero-order valence-corrected chi connectivity index (χ0v) is 11.4. The fraction of sp³-hybridized carbons (Fsp3) is 0.357. The Labute approximate surface area is 113 Å². The monoisotopic (exact) mass is 265 g/mol. The summed E-state index contributed by atoms with van der Waals surface area (Å²) in [5.41, 5.74) is 0.836. The molecule has 1 rings (SSSR count). The van der Waals surface area contributed by atoms with Gasteiger partial charge in [-0.1, -0.05) is 6.07 Å². The van der Waals surface area contributed by atoms with Gasteiger partial charge >= 0.3 is 5.97 Å². The van der Waals surface area contributed by atoms with Gasteiger partial charge < -0.3 is 19.5 Å². The molecular formula is C14H19NO4. The van der Waals surface area contributed by atoms with Gasteiger partial charge in [0.05, 0.1) is 14.2 Å². The van der Waals surface area contributed by atoms with Gasteiger partial charge in [0.15, 0.2) is 11.5 Å². The number of ether oxygens (including phenoxy) is 3. The van der Waals surface area contributed by atoms with E-state index in [0.29, 0.717) is 24.7 Å². The van der Waals surface area contributed by atoms with Crippen LogP contribution in [0.3, 0.4) is 0 Å². The molecule has 0 saturated carbocycles. The third-order valence-corrected chi connectivity index (χ3v) is 2.42. The zero-order valence-electron chi connectivity index (χ0n) is 11.4. The van der Waals surface area contributed by atoms with Crippen LogP contribution in [0.5, 0.6) is 11.5 Å². The number of esters is 1. The molecule has 0 bridgehead atoms. The van der Waals surface area contributed by atoms with Crippen molar-refractivity contribution < 1.29 is 19.0 Å². The van der Waals surface area contributed by atoms with Gasteiger partial charge in [-0.25, -0.2) is 4.79 Å². The number of hydrogen-bond acceptors (Lipinski definition) is 5. The van der Waals surface area contributed by atoms with Gasteiger partial charge in [0.25, 0.3) is 0 Å². The van der Waals surface area contributed by atoms with E-state index in [2.05, 4.69) is 5.32 Å². The number of benzene rings is 1. The highest BCUT2D eigenvalue weighted by molar-refractivity contribution is 5.87. The molecule has 19 heavy (non-hydrogen) atoms. The van der Waals surface area contributed by atoms with E-state index >= 15 is 0 Å². The minimum absolute atomic E-state index is 0.353. The highest BCUT2D eigenvalue weighted by atomic mass is 16.5. The maximum Gasteiger partial charge on any atom is 0.330 e. The summed E-state index contributed by atoms with van der Waals surface area (Å²) in [6.45, 7) is 0.988. The number of likely N-dealkylation sites (N-methyl/N-ethyl adjacent to an activating group) is 1. The molecule has 0 heterocycles. The average Bonchev–Trinajstić information content (AvgIpc) is 2.45. The minimum Gasteiger partial charge on any atom is -0.493 e. The van der Waals surface area contributed by atoms with Crippen LogP contribution in [-0.2, 0) is 9.53 Å². The van der Waals surface area contributed by atoms with Crippen molar-refractivity contribution in [3.63, 3.8) is 0 Å². The first-order valence-corrected chi connectivity index (χ1v) is 5.92. The first-order chi connectivity index (χ1) is 9.21. The highest BCUT2D eigenvalue weighted by Gasteiger charge is 2.03. The summed E-state index contributed by atoms with van der Waals surface area (Å²) in [4.78, 5) is 11.4. The van der Waals surface area contributed by atoms with Crippen LogP contribution in [-0.4, -0.2) is 40.4 Å². The van der Waals surface area contributed by atoms with Crippen molar-refractivity contribution in [3.8, 4) is 11.5 Å². The Bertz CT molecular complexity index is 443. The second-order valence-corrected chi connectivity index (χ2v) is 3.72. The van der Waals surface area contributed by atoms with E-state index in [1.165, 1.54) is 6.08 Å². The largest absolute Gasteiger partial charge is 0.493 e. The van der Waals surface area contributed by atoms with Crippen LogP contribution in [0.15, 0.2) is 24.3 Å². The first kappa shape index (κ1) is 15.0. The second kappa shape index (κ2) is 8.16. The molecular weight excluding hydrogens is 246 g/mol. The third kappa shape index (κ3) is 5.01. The lowest BCUT2D eigenvalue weighted by molar-refractivity contribution is -0.137. The zero-order chi connectivity index (χ0) is 14.1. The van der Waals surface area contributed by atoms with Crippen LogP contribution >= 0.6 is 0 Å². The summed E-state index contributed by atoms with van der Waals surface area (Å²) in [5.74, 6) is 0.898. The lowest BCUT2D eigenvalue weighted by Crippen LogP contribution is -2.16. The first-order valence-electron chi connectivity index (χ1n) is 5.92. The van der Waals surface area contributed by atoms with E-state index in [1.807, 2.05) is 6.07 Å². The summed E-state index contributed by atoms with van der Waals surface area (Å²) < 4.78 is 15.3. The summed E-state index contributed by atoms with van der Waals surface area (Å²) >= 11 is 0. The molecule has 1 N–H and O–H groups in total. The summed E-state index contributed by atoms with van der Waals surface area (Å²) in [6.07, 6.45) is 3.06. The molecule has 0 spiro atoms. The van der Waals surface area contributed by atoms with E-state index in [4.69, 9.17) is 14.2 Å². The topological polar surface area (TPSA) is 56.8 Å². The molecule has 1 aromatic carbocycles. The standard InChI is InChI=1S/C14H19NO4/c1-15-8-9-19-14(16)7-5-11-4-6-12(17-2)13(10-11)18-3/h4-7,10,15H,8-9H2,1-3H3/b7-5+. The quantitative estimate of drug-likeness (QED) is 0.460. The van der Waals surface area contributed by atoms with Crippen LogP contribution in [0.2, 0.25) is 0 Å². The van der Waals surface area contributed by atoms with Gasteiger partial charge in [-0.2, -0.15) is 0 Å². The van der Waals surface area contributed by atoms with Crippen molar-refractivity contribution in [1.82, 2.24) is 5.32 Å². The van der Waals surface area contributed by atoms with Crippen LogP contribution in [0.4, 0.5) is 0 Å². The SMILES string of the molecule is CNCCOC(=O)/C=C/c1ccc(OC)c(OC)c1. The fourth-order valence-electron chi connectivity index (χ4n) is 1.42. The van der Waals surface area contributed by atoms with Crippen LogP contribution < -0.4 is 14.8 Å². The van der Waals surface area contributed by atoms with Crippen molar-refractivity contribution in [1.29, 1.82) is 0 Å². The predicted octanol–water partition coefficient (Wildman–Crippen LogP) is 1.48. The minimum atomic E-state index is -0.370. The van der Waals surface area contributed by atoms with Gasteiger partial charge in [-0.05, 0) is 30.8 Å². The maximum atomic E-state index is 11.4. The molecule has 0 radical (unpaired) electrons. The number of carbonyl (C=O) groups excluding carboxylic acids is 1. The van der Waals surface area contributed by atoms with E-state index in [9.17, 15) is 4.79 Å². The molecule has 0 atom stereocenters. The normalized spacial score (nSPS) is 10.5. The smallest absolute Gasteiger partial charge is 0.330 e. The molecule has 0 aliphatic heterocycles. The van der Waals surface area contributed by atoms with Crippen molar-refractivity contribution in [2.24, 2.45) is 0 Å². The van der Waals surface area contributed by atoms with E-state index in [-0.39, 0.29) is 5.97 Å². The predicted molar refractivity (Wildman–Crippen MR) is 73.5 cm³/mol. The number of rotatable bonds is 7. The summed E-state index contributed by atoms with van der Waals surface area (Å²) in [6, 6.07) is 5.40. The van der Waals surface area contributed by atoms with Crippen molar-refractivity contribution in [2.75, 3.05) is 34.4 Å². The van der Waals surface area contributed by atoms with E-state index in [1.54, 1.807) is 39.5 Å². The highest BCUT2D eigenvalue weighted by Crippen LogP contribution is 2.27. The van der Waals surface area contributed by atoms with Crippen molar-refractivity contribution >= 4 is 12.0 Å². The Hall–Kier alpha value is -2.01. The number of methoxy groups -OCH3 is 2. The van der Waals surface area contributed by atoms with Crippen molar-refractivity contribution in [2.45, 2.75) is 0 Å². The van der Waals surface area contributed by atoms with Crippen LogP contribution in [0, 0.1) is 0 Å². The second-order valence-electron chi connectivity index (χ2n) is 3.72. The number of hydrogen-bond donors (Lipinski definition) is 1. The Morgan fingerprint density at radius 1 is 1.26 bits per heavy atom. The van der Waals surface area contributed by atoms with Gasteiger partial charge in [0.1, 0.15) is 6.61 Å². The number of nitrogens with one attached hydrogen (secondary N) is 1. The molecule has 0 aliphatic rings. The molecule has 1 aromatic rings. The molecule has 5 heteroatoms. The van der Waals surface area contributed by atoms with Gasteiger partial charge in [-0.3, -0.25) is 0 Å². The molecule has 0 unspecified atom stereocenters. The van der Waals surface area contributed by atoms with E-state index in [0.717, 1.165) is 5.56 Å². The lowest BCUT2D eigenvalue weighted by atomic mass is 10.2. The lowest BCUT2D eigenvalue weighted by Gasteiger charge is -2.07. The maximum absolute atomic E-state index is 11.4. The van der Waals surface area contributed by atoms with Crippen LogP contribution in [0.1, 0.15) is 5.56 Å². The fourth-order valence-corrected chi connectivity index (χ4v) is 1.42. The molecule has 104 valence electrons. The van der Waals surface area contributed by atoms with Gasteiger partial charge in [0, 0.05) is 12.6 Å². The van der Waals surface area contributed by atoms with Crippen molar-refractivity contribution in [3.05, 3.63) is 29.8 Å². The third-order valence-electron chi connectivity index (χ3n) is 2.42. The molecule has 0 saturated heterocycles. The van der Waals surface area contributed by atoms with Crippen LogP contribution in [0.25, 0.3) is 6.08 Å². The summed E-state index contributed by atoms with van der Waals surface area (Å²) in [5, 5.41) is 2.89. The Balaban J connectivity index is 2.63. The average molecular weight is 265 g/mol. The van der Waals surface area contributed by atoms with Gasteiger partial charge in [-0.15, -0.1) is 0 Å². The molecule has 0 fully saturated rings. The molecule has 5 nitrogen and oxygen atoms in total. The summed E-state index contributed by atoms with van der Waals surface area (Å²) in [7, 11) is 4.94. The van der Waals surface area contributed by atoms with E-state index < -0.39 is 0 Å². The van der Waals surface area contributed by atoms with Gasteiger partial charge in [0.2, 0.25) is 0 Å². The Morgan fingerprint density at radius 3 is 2.63 bits per heavy atom. The Morgan fingerprint density at radius 2 is 2.00 bits per heavy atom. The molecule has 0 amide bonds. The number of carbonyl (C=O) groups is 1. The molecule has 0 aromatic heterocycles.